The lowest BCUT2D eigenvalue weighted by atomic mass is 10.2. The minimum Gasteiger partial charge on any atom is -0.304 e. The van der Waals surface area contributed by atoms with Crippen LogP contribution < -0.4 is 0 Å². The molecule has 0 N–H and O–H groups in total. The Kier molecular flexibility index (Phi) is 3.62. The van der Waals surface area contributed by atoms with E-state index in [0.29, 0.717) is 0 Å². The van der Waals surface area contributed by atoms with Gasteiger partial charge in [0.05, 0.1) is 0 Å². The molecule has 0 saturated carbocycles. The van der Waals surface area contributed by atoms with Crippen LogP contribution in [0.2, 0.25) is 0 Å². The molecule has 0 aliphatic rings. The van der Waals surface area contributed by atoms with Gasteiger partial charge in [0.2, 0.25) is 0 Å². The molecule has 1 aromatic rings. The highest BCUT2D eigenvalue weighted by Gasteiger charge is 2.04. The first-order valence-electron chi connectivity index (χ1n) is 3.97. The maximum atomic E-state index is 4.26. The summed E-state index contributed by atoms with van der Waals surface area (Å²) in [5.74, 6) is 0.860. The van der Waals surface area contributed by atoms with E-state index in [9.17, 15) is 0 Å². The predicted molar refractivity (Wildman–Crippen MR) is 59.1 cm³/mol. The van der Waals surface area contributed by atoms with Gasteiger partial charge in [0.1, 0.15) is 0 Å². The maximum Gasteiger partial charge on any atom is 0.0324 e. The van der Waals surface area contributed by atoms with Crippen LogP contribution in [0.4, 0.5) is 0 Å². The molecule has 12 heavy (non-hydrogen) atoms. The maximum absolute atomic E-state index is 4.26. The Morgan fingerprint density at radius 2 is 2.17 bits per heavy atom. The lowest BCUT2D eigenvalue weighted by Crippen LogP contribution is -2.09. The number of thiophene rings is 1. The molecular weight excluding hydrogens is 186 g/mol. The molecule has 0 amide bonds. The van der Waals surface area contributed by atoms with Gasteiger partial charge in [-0.15, -0.1) is 11.3 Å². The standard InChI is InChI=1S/C9H15NS2/c1-7-4-8(6-11)12-9(7)5-10(2)3/h4,11H,5-6H2,1-3H3. The monoisotopic (exact) mass is 201 g/mol. The molecule has 0 aliphatic heterocycles. The molecule has 0 spiro atoms. The van der Waals surface area contributed by atoms with Crippen molar-refractivity contribution in [3.63, 3.8) is 0 Å². The minimum absolute atomic E-state index is 0.860. The molecule has 1 rings (SSSR count). The Balaban J connectivity index is 2.77. The Morgan fingerprint density at radius 3 is 2.58 bits per heavy atom. The van der Waals surface area contributed by atoms with Crippen LogP contribution in [-0.4, -0.2) is 19.0 Å². The molecule has 68 valence electrons. The largest absolute Gasteiger partial charge is 0.304 e. The average molecular weight is 201 g/mol. The lowest BCUT2D eigenvalue weighted by molar-refractivity contribution is 0.405. The van der Waals surface area contributed by atoms with Crippen molar-refractivity contribution >= 4 is 24.0 Å². The van der Waals surface area contributed by atoms with Crippen molar-refractivity contribution in [1.29, 1.82) is 0 Å². The van der Waals surface area contributed by atoms with Gasteiger partial charge < -0.3 is 4.90 Å². The number of hydrogen-bond donors (Lipinski definition) is 1. The van der Waals surface area contributed by atoms with Gasteiger partial charge in [0, 0.05) is 22.1 Å². The van der Waals surface area contributed by atoms with Crippen LogP contribution in [0.15, 0.2) is 6.07 Å². The third-order valence-corrected chi connectivity index (χ3v) is 3.46. The van der Waals surface area contributed by atoms with Crippen LogP contribution >= 0.6 is 24.0 Å². The number of thiol groups is 1. The van der Waals surface area contributed by atoms with E-state index >= 15 is 0 Å². The lowest BCUT2D eigenvalue weighted by Gasteiger charge is -2.07. The van der Waals surface area contributed by atoms with Crippen LogP contribution in [0.5, 0.6) is 0 Å². The third kappa shape index (κ3) is 2.51. The van der Waals surface area contributed by atoms with Gasteiger partial charge in [-0.25, -0.2) is 0 Å². The normalized spacial score (nSPS) is 11.1. The molecule has 0 aromatic carbocycles. The van der Waals surface area contributed by atoms with Gasteiger partial charge in [-0.3, -0.25) is 0 Å². The molecule has 1 heterocycles. The Bertz CT molecular complexity index is 253. The molecule has 0 aliphatic carbocycles. The van der Waals surface area contributed by atoms with Crippen molar-refractivity contribution in [3.8, 4) is 0 Å². The summed E-state index contributed by atoms with van der Waals surface area (Å²) in [6.45, 7) is 3.21. The molecule has 0 bridgehead atoms. The van der Waals surface area contributed by atoms with Crippen LogP contribution in [0, 0.1) is 6.92 Å². The van der Waals surface area contributed by atoms with Crippen LogP contribution in [0.1, 0.15) is 15.3 Å². The summed E-state index contributed by atoms with van der Waals surface area (Å²) in [6.07, 6.45) is 0. The topological polar surface area (TPSA) is 3.24 Å². The van der Waals surface area contributed by atoms with Gasteiger partial charge in [0.25, 0.3) is 0 Å². The van der Waals surface area contributed by atoms with E-state index in [2.05, 4.69) is 44.6 Å². The highest BCUT2D eigenvalue weighted by atomic mass is 32.1. The van der Waals surface area contributed by atoms with Crippen molar-refractivity contribution < 1.29 is 0 Å². The predicted octanol–water partition coefficient (Wildman–Crippen LogP) is 2.55. The highest BCUT2D eigenvalue weighted by Crippen LogP contribution is 2.23. The smallest absolute Gasteiger partial charge is 0.0324 e. The second-order valence-electron chi connectivity index (χ2n) is 3.21. The molecule has 0 unspecified atom stereocenters. The summed E-state index contributed by atoms with van der Waals surface area (Å²) in [7, 11) is 4.19. The average Bonchev–Trinajstić information content (AvgIpc) is 2.31. The number of aryl methyl sites for hydroxylation is 1. The van der Waals surface area contributed by atoms with Crippen molar-refractivity contribution in [2.24, 2.45) is 0 Å². The highest BCUT2D eigenvalue weighted by molar-refractivity contribution is 7.79. The zero-order valence-electron chi connectivity index (χ0n) is 7.79. The molecule has 0 radical (unpaired) electrons. The molecular formula is C9H15NS2. The molecule has 0 fully saturated rings. The van der Waals surface area contributed by atoms with Gasteiger partial charge in [0.15, 0.2) is 0 Å². The fourth-order valence-corrected chi connectivity index (χ4v) is 2.56. The molecule has 1 aromatic heterocycles. The summed E-state index contributed by atoms with van der Waals surface area (Å²) in [5, 5.41) is 0. The minimum atomic E-state index is 0.860. The van der Waals surface area contributed by atoms with E-state index in [1.54, 1.807) is 0 Å². The molecule has 0 atom stereocenters. The van der Waals surface area contributed by atoms with Crippen molar-refractivity contribution in [2.45, 2.75) is 19.2 Å². The van der Waals surface area contributed by atoms with E-state index < -0.39 is 0 Å². The Hall–Kier alpha value is 0.01000. The summed E-state index contributed by atoms with van der Waals surface area (Å²) < 4.78 is 0. The second kappa shape index (κ2) is 4.30. The van der Waals surface area contributed by atoms with E-state index in [0.717, 1.165) is 12.3 Å². The van der Waals surface area contributed by atoms with Crippen molar-refractivity contribution in [3.05, 3.63) is 21.4 Å². The fourth-order valence-electron chi connectivity index (χ4n) is 1.11. The SMILES string of the molecule is Cc1cc(CS)sc1CN(C)C. The van der Waals surface area contributed by atoms with E-state index in [-0.39, 0.29) is 0 Å². The first-order chi connectivity index (χ1) is 5.63. The molecule has 3 heteroatoms. The first kappa shape index (κ1) is 10.1. The number of hydrogen-bond acceptors (Lipinski definition) is 3. The van der Waals surface area contributed by atoms with Gasteiger partial charge in [-0.05, 0) is 32.6 Å². The van der Waals surface area contributed by atoms with Gasteiger partial charge in [-0.2, -0.15) is 12.6 Å². The Labute approximate surface area is 83.8 Å². The van der Waals surface area contributed by atoms with E-state index in [1.807, 2.05) is 11.3 Å². The van der Waals surface area contributed by atoms with Crippen molar-refractivity contribution in [2.75, 3.05) is 14.1 Å². The molecule has 1 nitrogen and oxygen atoms in total. The fraction of sp³-hybridized carbons (Fsp3) is 0.556. The zero-order chi connectivity index (χ0) is 9.14. The van der Waals surface area contributed by atoms with E-state index in [1.165, 1.54) is 15.3 Å². The molecule has 0 saturated heterocycles. The summed E-state index contributed by atoms with van der Waals surface area (Å²) in [5.41, 5.74) is 1.40. The Morgan fingerprint density at radius 1 is 1.50 bits per heavy atom. The van der Waals surface area contributed by atoms with Crippen LogP contribution in [0.25, 0.3) is 0 Å². The third-order valence-electron chi connectivity index (χ3n) is 1.69. The van der Waals surface area contributed by atoms with Gasteiger partial charge in [-0.1, -0.05) is 0 Å². The second-order valence-corrected chi connectivity index (χ2v) is 4.75. The quantitative estimate of drug-likeness (QED) is 0.736. The zero-order valence-corrected chi connectivity index (χ0v) is 9.51. The van der Waals surface area contributed by atoms with Crippen LogP contribution in [0.3, 0.4) is 0 Å². The van der Waals surface area contributed by atoms with Crippen molar-refractivity contribution in [1.82, 2.24) is 4.90 Å². The number of rotatable bonds is 3. The number of nitrogens with zero attached hydrogens (tertiary/aromatic N) is 1. The van der Waals surface area contributed by atoms with E-state index in [4.69, 9.17) is 0 Å². The first-order valence-corrected chi connectivity index (χ1v) is 5.42. The summed E-state index contributed by atoms with van der Waals surface area (Å²) in [4.78, 5) is 5.03. The summed E-state index contributed by atoms with van der Waals surface area (Å²) in [6, 6.07) is 2.23. The van der Waals surface area contributed by atoms with Crippen LogP contribution in [-0.2, 0) is 12.3 Å². The van der Waals surface area contributed by atoms with Gasteiger partial charge >= 0.3 is 0 Å². The summed E-state index contributed by atoms with van der Waals surface area (Å²) >= 11 is 6.13.